The second-order valence-electron chi connectivity index (χ2n) is 6.75. The van der Waals surface area contributed by atoms with E-state index in [-0.39, 0.29) is 11.9 Å². The van der Waals surface area contributed by atoms with Gasteiger partial charge in [0.2, 0.25) is 0 Å². The van der Waals surface area contributed by atoms with Gasteiger partial charge in [0.25, 0.3) is 5.91 Å². The van der Waals surface area contributed by atoms with Crippen LogP contribution in [0.4, 0.5) is 5.69 Å². The monoisotopic (exact) mass is 396 g/mol. The van der Waals surface area contributed by atoms with Crippen molar-refractivity contribution < 1.29 is 9.53 Å². The third-order valence-corrected chi connectivity index (χ3v) is 5.13. The van der Waals surface area contributed by atoms with Gasteiger partial charge < -0.3 is 15.0 Å². The van der Waals surface area contributed by atoms with Crippen LogP contribution >= 0.6 is 11.6 Å². The smallest absolute Gasteiger partial charge is 0.269 e. The second-order valence-corrected chi connectivity index (χ2v) is 7.19. The van der Waals surface area contributed by atoms with E-state index >= 15 is 0 Å². The fourth-order valence-electron chi connectivity index (χ4n) is 3.47. The highest BCUT2D eigenvalue weighted by molar-refractivity contribution is 6.30. The van der Waals surface area contributed by atoms with Crippen LogP contribution in [-0.2, 0) is 0 Å². The molecule has 7 heteroatoms. The van der Waals surface area contributed by atoms with E-state index in [1.165, 1.54) is 0 Å². The molecule has 2 heterocycles. The van der Waals surface area contributed by atoms with E-state index in [9.17, 15) is 4.79 Å². The SMILES string of the molecule is COc1ccc(Cl)cc1N1CCC(NC(=O)c2cc(-c3ccccc3)n[nH]2)C1. The van der Waals surface area contributed by atoms with Gasteiger partial charge in [0.05, 0.1) is 18.5 Å². The number of aromatic nitrogens is 2. The molecule has 4 rings (SSSR count). The summed E-state index contributed by atoms with van der Waals surface area (Å²) < 4.78 is 5.44. The summed E-state index contributed by atoms with van der Waals surface area (Å²) in [6.45, 7) is 1.52. The first-order valence-corrected chi connectivity index (χ1v) is 9.52. The summed E-state index contributed by atoms with van der Waals surface area (Å²) in [7, 11) is 1.64. The van der Waals surface area contributed by atoms with E-state index in [1.807, 2.05) is 48.5 Å². The summed E-state index contributed by atoms with van der Waals surface area (Å²) in [5.74, 6) is 0.622. The second kappa shape index (κ2) is 7.94. The Balaban J connectivity index is 1.42. The van der Waals surface area contributed by atoms with Crippen molar-refractivity contribution >= 4 is 23.2 Å². The van der Waals surface area contributed by atoms with Gasteiger partial charge in [-0.05, 0) is 30.7 Å². The molecule has 6 nitrogen and oxygen atoms in total. The molecule has 144 valence electrons. The lowest BCUT2D eigenvalue weighted by Crippen LogP contribution is -2.37. The molecule has 2 aromatic carbocycles. The molecule has 1 amide bonds. The van der Waals surface area contributed by atoms with Gasteiger partial charge >= 0.3 is 0 Å². The number of H-pyrrole nitrogens is 1. The van der Waals surface area contributed by atoms with E-state index in [2.05, 4.69) is 20.4 Å². The normalized spacial score (nSPS) is 16.2. The summed E-state index contributed by atoms with van der Waals surface area (Å²) in [6.07, 6.45) is 0.848. The molecular weight excluding hydrogens is 376 g/mol. The molecule has 1 unspecified atom stereocenters. The van der Waals surface area contributed by atoms with Gasteiger partial charge in [-0.2, -0.15) is 5.10 Å². The van der Waals surface area contributed by atoms with E-state index in [0.29, 0.717) is 17.3 Å². The first kappa shape index (κ1) is 18.4. The van der Waals surface area contributed by atoms with Gasteiger partial charge in [-0.15, -0.1) is 0 Å². The Kier molecular flexibility index (Phi) is 5.21. The zero-order chi connectivity index (χ0) is 19.5. The van der Waals surface area contributed by atoms with Crippen molar-refractivity contribution in [1.29, 1.82) is 0 Å². The summed E-state index contributed by atoms with van der Waals surface area (Å²) in [6, 6.07) is 17.1. The van der Waals surface area contributed by atoms with Gasteiger partial charge in [0.1, 0.15) is 11.4 Å². The summed E-state index contributed by atoms with van der Waals surface area (Å²) in [4.78, 5) is 14.8. The Morgan fingerprint density at radius 3 is 2.86 bits per heavy atom. The van der Waals surface area contributed by atoms with Crippen molar-refractivity contribution in [3.8, 4) is 17.0 Å². The quantitative estimate of drug-likeness (QED) is 0.689. The van der Waals surface area contributed by atoms with Gasteiger partial charge in [-0.1, -0.05) is 41.9 Å². The van der Waals surface area contributed by atoms with E-state index in [0.717, 1.165) is 35.7 Å². The van der Waals surface area contributed by atoms with Crippen molar-refractivity contribution in [3.05, 3.63) is 65.3 Å². The number of aromatic amines is 1. The molecule has 2 N–H and O–H groups in total. The van der Waals surface area contributed by atoms with Crippen molar-refractivity contribution in [2.45, 2.75) is 12.5 Å². The molecule has 1 aliphatic rings. The summed E-state index contributed by atoms with van der Waals surface area (Å²) >= 11 is 6.14. The lowest BCUT2D eigenvalue weighted by molar-refractivity contribution is 0.0935. The summed E-state index contributed by atoms with van der Waals surface area (Å²) in [5.41, 5.74) is 3.12. The molecular formula is C21H21ClN4O2. The number of nitrogens with one attached hydrogen (secondary N) is 2. The maximum Gasteiger partial charge on any atom is 0.269 e. The van der Waals surface area contributed by atoms with Crippen LogP contribution in [0, 0.1) is 0 Å². The topological polar surface area (TPSA) is 70.2 Å². The van der Waals surface area contributed by atoms with E-state index < -0.39 is 0 Å². The molecule has 3 aromatic rings. The molecule has 0 bridgehead atoms. The maximum absolute atomic E-state index is 12.6. The van der Waals surface area contributed by atoms with E-state index in [4.69, 9.17) is 16.3 Å². The Morgan fingerprint density at radius 2 is 2.07 bits per heavy atom. The van der Waals surface area contributed by atoms with Crippen LogP contribution in [0.1, 0.15) is 16.9 Å². The third-order valence-electron chi connectivity index (χ3n) is 4.90. The first-order valence-electron chi connectivity index (χ1n) is 9.14. The van der Waals surface area contributed by atoms with Crippen LogP contribution in [-0.4, -0.2) is 42.3 Å². The van der Waals surface area contributed by atoms with Gasteiger partial charge in [0, 0.05) is 29.7 Å². The minimum absolute atomic E-state index is 0.0414. The Bertz CT molecular complexity index is 974. The molecule has 0 spiro atoms. The average molecular weight is 397 g/mol. The predicted molar refractivity (Wildman–Crippen MR) is 110 cm³/mol. The first-order chi connectivity index (χ1) is 13.6. The number of benzene rings is 2. The minimum atomic E-state index is -0.153. The fourth-order valence-corrected chi connectivity index (χ4v) is 3.63. The highest BCUT2D eigenvalue weighted by Gasteiger charge is 2.27. The maximum atomic E-state index is 12.6. The van der Waals surface area contributed by atoms with Gasteiger partial charge in [0.15, 0.2) is 0 Å². The third kappa shape index (κ3) is 3.82. The van der Waals surface area contributed by atoms with Crippen LogP contribution in [0.5, 0.6) is 5.75 Å². The highest BCUT2D eigenvalue weighted by Crippen LogP contribution is 2.33. The van der Waals surface area contributed by atoms with Crippen LogP contribution in [0.2, 0.25) is 5.02 Å². The number of anilines is 1. The number of nitrogens with zero attached hydrogens (tertiary/aromatic N) is 2. The Labute approximate surface area is 168 Å². The lowest BCUT2D eigenvalue weighted by atomic mass is 10.1. The molecule has 1 aromatic heterocycles. The zero-order valence-electron chi connectivity index (χ0n) is 15.5. The summed E-state index contributed by atoms with van der Waals surface area (Å²) in [5, 5.41) is 10.8. The number of methoxy groups -OCH3 is 1. The largest absolute Gasteiger partial charge is 0.495 e. The molecule has 1 aliphatic heterocycles. The Hall–Kier alpha value is -2.99. The minimum Gasteiger partial charge on any atom is -0.495 e. The number of hydrogen-bond donors (Lipinski definition) is 2. The zero-order valence-corrected chi connectivity index (χ0v) is 16.2. The van der Waals surface area contributed by atoms with Crippen molar-refractivity contribution in [2.75, 3.05) is 25.1 Å². The lowest BCUT2D eigenvalue weighted by Gasteiger charge is -2.21. The van der Waals surface area contributed by atoms with Gasteiger partial charge in [-0.25, -0.2) is 0 Å². The molecule has 0 radical (unpaired) electrons. The average Bonchev–Trinajstić information content (AvgIpc) is 3.38. The molecule has 1 fully saturated rings. The fraction of sp³-hybridized carbons (Fsp3) is 0.238. The van der Waals surface area contributed by atoms with Crippen molar-refractivity contribution in [1.82, 2.24) is 15.5 Å². The van der Waals surface area contributed by atoms with Gasteiger partial charge in [-0.3, -0.25) is 9.89 Å². The van der Waals surface area contributed by atoms with Crippen LogP contribution in [0.3, 0.4) is 0 Å². The molecule has 28 heavy (non-hydrogen) atoms. The van der Waals surface area contributed by atoms with Crippen LogP contribution in [0.25, 0.3) is 11.3 Å². The Morgan fingerprint density at radius 1 is 1.25 bits per heavy atom. The number of ether oxygens (including phenoxy) is 1. The highest BCUT2D eigenvalue weighted by atomic mass is 35.5. The number of hydrogen-bond acceptors (Lipinski definition) is 4. The van der Waals surface area contributed by atoms with Crippen LogP contribution in [0.15, 0.2) is 54.6 Å². The number of carbonyl (C=O) groups excluding carboxylic acids is 1. The predicted octanol–water partition coefficient (Wildman–Crippen LogP) is 3.75. The van der Waals surface area contributed by atoms with Crippen LogP contribution < -0.4 is 15.0 Å². The molecule has 0 saturated carbocycles. The number of halogens is 1. The van der Waals surface area contributed by atoms with Crippen molar-refractivity contribution in [3.63, 3.8) is 0 Å². The number of rotatable bonds is 5. The van der Waals surface area contributed by atoms with E-state index in [1.54, 1.807) is 13.2 Å². The van der Waals surface area contributed by atoms with Crippen molar-refractivity contribution in [2.24, 2.45) is 0 Å². The number of amides is 1. The molecule has 0 aliphatic carbocycles. The number of carbonyl (C=O) groups is 1. The standard InChI is InChI=1S/C21H21ClN4O2/c1-28-20-8-7-15(22)11-19(20)26-10-9-16(13-26)23-21(27)18-12-17(24-25-18)14-5-3-2-4-6-14/h2-8,11-12,16H,9-10,13H2,1H3,(H,23,27)(H,24,25). The molecule has 1 saturated heterocycles. The molecule has 1 atom stereocenters.